The highest BCUT2D eigenvalue weighted by molar-refractivity contribution is 5.38. The van der Waals surface area contributed by atoms with Crippen LogP contribution in [-0.2, 0) is 0 Å². The smallest absolute Gasteiger partial charge is 0.151 e. The molecule has 0 aliphatic carbocycles. The first-order chi connectivity index (χ1) is 6.17. The first kappa shape index (κ1) is 8.44. The Labute approximate surface area is 77.2 Å². The molecule has 1 aromatic rings. The fourth-order valence-electron chi connectivity index (χ4n) is 1.60. The first-order valence-electron chi connectivity index (χ1n) is 4.42. The maximum Gasteiger partial charge on any atom is 0.151 e. The van der Waals surface area contributed by atoms with E-state index in [9.17, 15) is 5.11 Å². The van der Waals surface area contributed by atoms with Gasteiger partial charge in [-0.25, -0.2) is 0 Å². The number of nitrogens with zero attached hydrogens (tertiary/aromatic N) is 3. The van der Waals surface area contributed by atoms with E-state index in [2.05, 4.69) is 10.2 Å². The Balaban J connectivity index is 2.13. The zero-order valence-electron chi connectivity index (χ0n) is 7.64. The van der Waals surface area contributed by atoms with E-state index >= 15 is 0 Å². The van der Waals surface area contributed by atoms with Gasteiger partial charge in [0, 0.05) is 19.3 Å². The van der Waals surface area contributed by atoms with Crippen LogP contribution in [0.1, 0.15) is 13.3 Å². The third-order valence-electron chi connectivity index (χ3n) is 2.33. The third kappa shape index (κ3) is 1.78. The SMILES string of the molecule is CC1(O)CCN(c2cccnn2)C1. The Kier molecular flexibility index (Phi) is 1.92. The minimum Gasteiger partial charge on any atom is -0.388 e. The molecule has 0 bridgehead atoms. The summed E-state index contributed by atoms with van der Waals surface area (Å²) in [5, 5.41) is 17.5. The monoisotopic (exact) mass is 179 g/mol. The second-order valence-corrected chi connectivity index (χ2v) is 3.75. The molecule has 2 rings (SSSR count). The fourth-order valence-corrected chi connectivity index (χ4v) is 1.60. The number of hydrogen-bond acceptors (Lipinski definition) is 4. The highest BCUT2D eigenvalue weighted by atomic mass is 16.3. The third-order valence-corrected chi connectivity index (χ3v) is 2.33. The van der Waals surface area contributed by atoms with E-state index in [0.29, 0.717) is 6.54 Å². The van der Waals surface area contributed by atoms with Gasteiger partial charge in [-0.1, -0.05) is 0 Å². The minimum absolute atomic E-state index is 0.572. The van der Waals surface area contributed by atoms with Crippen LogP contribution in [0.2, 0.25) is 0 Å². The van der Waals surface area contributed by atoms with Gasteiger partial charge in [-0.05, 0) is 25.5 Å². The second-order valence-electron chi connectivity index (χ2n) is 3.75. The van der Waals surface area contributed by atoms with Gasteiger partial charge in [0.2, 0.25) is 0 Å². The predicted octanol–water partition coefficient (Wildman–Crippen LogP) is 0.438. The Bertz CT molecular complexity index is 286. The summed E-state index contributed by atoms with van der Waals surface area (Å²) in [4.78, 5) is 2.05. The van der Waals surface area contributed by atoms with Crippen LogP contribution in [0.25, 0.3) is 0 Å². The van der Waals surface area contributed by atoms with Crippen molar-refractivity contribution in [3.05, 3.63) is 18.3 Å². The average molecular weight is 179 g/mol. The van der Waals surface area contributed by atoms with Crippen molar-refractivity contribution in [1.82, 2.24) is 10.2 Å². The van der Waals surface area contributed by atoms with E-state index in [1.807, 2.05) is 24.0 Å². The molecule has 1 unspecified atom stereocenters. The molecule has 4 heteroatoms. The van der Waals surface area contributed by atoms with Crippen molar-refractivity contribution in [3.8, 4) is 0 Å². The van der Waals surface area contributed by atoms with E-state index in [1.54, 1.807) is 6.20 Å². The zero-order chi connectivity index (χ0) is 9.31. The lowest BCUT2D eigenvalue weighted by molar-refractivity contribution is 0.0839. The number of anilines is 1. The standard InChI is InChI=1S/C9H13N3O/c1-9(13)4-6-12(7-9)8-3-2-5-10-11-8/h2-3,5,13H,4,6-7H2,1H3. The van der Waals surface area contributed by atoms with Crippen molar-refractivity contribution in [1.29, 1.82) is 0 Å². The molecule has 13 heavy (non-hydrogen) atoms. The van der Waals surface area contributed by atoms with Gasteiger partial charge in [0.05, 0.1) is 5.60 Å². The molecule has 0 amide bonds. The topological polar surface area (TPSA) is 49.2 Å². The molecule has 1 N–H and O–H groups in total. The summed E-state index contributed by atoms with van der Waals surface area (Å²) in [6.45, 7) is 3.35. The van der Waals surface area contributed by atoms with Crippen molar-refractivity contribution >= 4 is 5.82 Å². The van der Waals surface area contributed by atoms with Gasteiger partial charge in [0.25, 0.3) is 0 Å². The molecule has 4 nitrogen and oxygen atoms in total. The summed E-state index contributed by atoms with van der Waals surface area (Å²) < 4.78 is 0. The van der Waals surface area contributed by atoms with E-state index < -0.39 is 5.60 Å². The Hall–Kier alpha value is -1.16. The van der Waals surface area contributed by atoms with Gasteiger partial charge >= 0.3 is 0 Å². The van der Waals surface area contributed by atoms with Crippen LogP contribution in [0.3, 0.4) is 0 Å². The summed E-state index contributed by atoms with van der Waals surface area (Å²) in [7, 11) is 0. The molecule has 0 aromatic carbocycles. The average Bonchev–Trinajstić information content (AvgIpc) is 2.48. The summed E-state index contributed by atoms with van der Waals surface area (Å²) in [5.74, 6) is 0.847. The molecule has 0 spiro atoms. The molecular weight excluding hydrogens is 166 g/mol. The molecular formula is C9H13N3O. The van der Waals surface area contributed by atoms with Crippen molar-refractivity contribution in [2.75, 3.05) is 18.0 Å². The van der Waals surface area contributed by atoms with Crippen molar-refractivity contribution in [3.63, 3.8) is 0 Å². The van der Waals surface area contributed by atoms with Crippen LogP contribution >= 0.6 is 0 Å². The van der Waals surface area contributed by atoms with Crippen LogP contribution < -0.4 is 4.90 Å². The molecule has 1 aromatic heterocycles. The van der Waals surface area contributed by atoms with Gasteiger partial charge in [-0.15, -0.1) is 5.10 Å². The number of hydrogen-bond donors (Lipinski definition) is 1. The Morgan fingerprint density at radius 1 is 1.62 bits per heavy atom. The quantitative estimate of drug-likeness (QED) is 0.679. The van der Waals surface area contributed by atoms with Crippen LogP contribution in [0.15, 0.2) is 18.3 Å². The Morgan fingerprint density at radius 3 is 3.00 bits per heavy atom. The normalized spacial score (nSPS) is 28.0. The highest BCUT2D eigenvalue weighted by Gasteiger charge is 2.31. The van der Waals surface area contributed by atoms with E-state index in [0.717, 1.165) is 18.8 Å². The summed E-state index contributed by atoms with van der Waals surface area (Å²) in [6, 6.07) is 3.77. The molecule has 1 saturated heterocycles. The first-order valence-corrected chi connectivity index (χ1v) is 4.42. The van der Waals surface area contributed by atoms with Gasteiger partial charge in [-0.2, -0.15) is 5.10 Å². The lowest BCUT2D eigenvalue weighted by Crippen LogP contribution is -2.30. The molecule has 1 aliphatic rings. The van der Waals surface area contributed by atoms with Crippen LogP contribution in [-0.4, -0.2) is 34.0 Å². The van der Waals surface area contributed by atoms with Crippen LogP contribution in [0.4, 0.5) is 5.82 Å². The van der Waals surface area contributed by atoms with Crippen molar-refractivity contribution in [2.24, 2.45) is 0 Å². The summed E-state index contributed by atoms with van der Waals surface area (Å²) in [6.07, 6.45) is 2.45. The maximum absolute atomic E-state index is 9.74. The van der Waals surface area contributed by atoms with Crippen molar-refractivity contribution < 1.29 is 5.11 Å². The second kappa shape index (κ2) is 2.96. The number of β-amino-alcohol motifs (C(OH)–C–C–N with tert-alkyl or cyclic N) is 1. The van der Waals surface area contributed by atoms with Gasteiger partial charge in [0.1, 0.15) is 0 Å². The van der Waals surface area contributed by atoms with Crippen LogP contribution in [0.5, 0.6) is 0 Å². The van der Waals surface area contributed by atoms with Crippen LogP contribution in [0, 0.1) is 0 Å². The van der Waals surface area contributed by atoms with Crippen molar-refractivity contribution in [2.45, 2.75) is 18.9 Å². The maximum atomic E-state index is 9.74. The zero-order valence-corrected chi connectivity index (χ0v) is 7.64. The molecule has 2 heterocycles. The largest absolute Gasteiger partial charge is 0.388 e. The minimum atomic E-state index is -0.572. The van der Waals surface area contributed by atoms with E-state index in [1.165, 1.54) is 0 Å². The molecule has 1 fully saturated rings. The van der Waals surface area contributed by atoms with E-state index in [-0.39, 0.29) is 0 Å². The highest BCUT2D eigenvalue weighted by Crippen LogP contribution is 2.23. The fraction of sp³-hybridized carbons (Fsp3) is 0.556. The van der Waals surface area contributed by atoms with E-state index in [4.69, 9.17) is 0 Å². The Morgan fingerprint density at radius 2 is 2.46 bits per heavy atom. The number of aliphatic hydroxyl groups is 1. The molecule has 0 saturated carbocycles. The van der Waals surface area contributed by atoms with Gasteiger partial charge < -0.3 is 10.0 Å². The lowest BCUT2D eigenvalue weighted by atomic mass is 10.1. The van der Waals surface area contributed by atoms with Gasteiger partial charge in [-0.3, -0.25) is 0 Å². The number of rotatable bonds is 1. The molecule has 0 radical (unpaired) electrons. The molecule has 1 atom stereocenters. The summed E-state index contributed by atoms with van der Waals surface area (Å²) >= 11 is 0. The predicted molar refractivity (Wildman–Crippen MR) is 49.5 cm³/mol. The van der Waals surface area contributed by atoms with Gasteiger partial charge in [0.15, 0.2) is 5.82 Å². The lowest BCUT2D eigenvalue weighted by Gasteiger charge is -2.18. The molecule has 1 aliphatic heterocycles. The molecule has 70 valence electrons. The number of aromatic nitrogens is 2. The summed E-state index contributed by atoms with van der Waals surface area (Å²) in [5.41, 5.74) is -0.572.